The zero-order chi connectivity index (χ0) is 15.7. The van der Waals surface area contributed by atoms with Gasteiger partial charge in [0.15, 0.2) is 0 Å². The molecule has 0 aliphatic rings. The molecule has 21 heavy (non-hydrogen) atoms. The average Bonchev–Trinajstić information content (AvgIpc) is 2.46. The van der Waals surface area contributed by atoms with E-state index in [0.717, 1.165) is 11.3 Å². The summed E-state index contributed by atoms with van der Waals surface area (Å²) in [6.07, 6.45) is 2.48. The van der Waals surface area contributed by atoms with E-state index in [1.165, 1.54) is 0 Å². The molecule has 1 aromatic rings. The summed E-state index contributed by atoms with van der Waals surface area (Å²) in [6, 6.07) is 5.66. The van der Waals surface area contributed by atoms with Crippen molar-refractivity contribution < 1.29 is 9.90 Å². The maximum absolute atomic E-state index is 12.3. The summed E-state index contributed by atoms with van der Waals surface area (Å²) in [6.45, 7) is 4.77. The quantitative estimate of drug-likeness (QED) is 0.794. The molecule has 2 N–H and O–H groups in total. The van der Waals surface area contributed by atoms with Crippen LogP contribution in [-0.2, 0) is 0 Å². The molecular weight excluding hydrogens is 282 g/mol. The van der Waals surface area contributed by atoms with Crippen LogP contribution in [0.2, 0.25) is 0 Å². The zero-order valence-corrected chi connectivity index (χ0v) is 13.7. The summed E-state index contributed by atoms with van der Waals surface area (Å²) in [7, 11) is 0. The minimum absolute atomic E-state index is 0.0343. The fraction of sp³-hybridized carbons (Fsp3) is 0.471. The van der Waals surface area contributed by atoms with E-state index in [2.05, 4.69) is 30.3 Å². The zero-order valence-electron chi connectivity index (χ0n) is 12.9. The van der Waals surface area contributed by atoms with E-state index in [9.17, 15) is 4.79 Å². The first-order valence-electron chi connectivity index (χ1n) is 7.06. The van der Waals surface area contributed by atoms with E-state index in [-0.39, 0.29) is 12.5 Å². The van der Waals surface area contributed by atoms with Crippen molar-refractivity contribution >= 4 is 17.7 Å². The number of aliphatic hydroxyl groups is 1. The Morgan fingerprint density at radius 1 is 1.48 bits per heavy atom. The highest BCUT2D eigenvalue weighted by Crippen LogP contribution is 2.11. The van der Waals surface area contributed by atoms with Gasteiger partial charge in [0.1, 0.15) is 0 Å². The molecule has 3 nitrogen and oxygen atoms in total. The summed E-state index contributed by atoms with van der Waals surface area (Å²) in [5.74, 6) is 7.21. The number of carbonyl (C=O) groups is 1. The van der Waals surface area contributed by atoms with Crippen molar-refractivity contribution in [3.63, 3.8) is 0 Å². The third-order valence-corrected chi connectivity index (χ3v) is 3.84. The smallest absolute Gasteiger partial charge is 0.252 e. The molecule has 0 spiro atoms. The van der Waals surface area contributed by atoms with Crippen LogP contribution in [0.1, 0.15) is 34.8 Å². The van der Waals surface area contributed by atoms with Gasteiger partial charge in [0.2, 0.25) is 0 Å². The molecule has 1 unspecified atom stereocenters. The third-order valence-electron chi connectivity index (χ3n) is 2.94. The SMILES string of the molecule is CSCC(C)CNC(=O)c1cc(C)ccc1C#CCCO. The second-order valence-corrected chi connectivity index (χ2v) is 6.01. The highest BCUT2D eigenvalue weighted by Gasteiger charge is 2.11. The van der Waals surface area contributed by atoms with Gasteiger partial charge in [0, 0.05) is 18.5 Å². The first-order chi connectivity index (χ1) is 10.1. The molecule has 1 aromatic carbocycles. The molecule has 114 valence electrons. The van der Waals surface area contributed by atoms with Gasteiger partial charge >= 0.3 is 0 Å². The van der Waals surface area contributed by atoms with Gasteiger partial charge in [-0.1, -0.05) is 30.4 Å². The Kier molecular flexibility index (Phi) is 7.96. The van der Waals surface area contributed by atoms with Crippen LogP contribution in [0.15, 0.2) is 18.2 Å². The van der Waals surface area contributed by atoms with Gasteiger partial charge in [0.05, 0.1) is 12.2 Å². The maximum atomic E-state index is 12.3. The molecule has 0 aliphatic carbocycles. The first-order valence-corrected chi connectivity index (χ1v) is 8.45. The first kappa shape index (κ1) is 17.6. The van der Waals surface area contributed by atoms with Crippen molar-refractivity contribution in [3.05, 3.63) is 34.9 Å². The number of nitrogens with one attached hydrogen (secondary N) is 1. The van der Waals surface area contributed by atoms with Crippen LogP contribution in [0.25, 0.3) is 0 Å². The van der Waals surface area contributed by atoms with Crippen molar-refractivity contribution in [1.29, 1.82) is 0 Å². The molecule has 0 aliphatic heterocycles. The van der Waals surface area contributed by atoms with Crippen LogP contribution in [-0.4, -0.2) is 36.2 Å². The predicted octanol–water partition coefficient (Wildman–Crippen LogP) is 2.46. The summed E-state index contributed by atoms with van der Waals surface area (Å²) in [5, 5.41) is 11.8. The van der Waals surface area contributed by atoms with Gasteiger partial charge in [0.25, 0.3) is 5.91 Å². The van der Waals surface area contributed by atoms with Crippen LogP contribution in [0.5, 0.6) is 0 Å². The Morgan fingerprint density at radius 3 is 2.90 bits per heavy atom. The van der Waals surface area contributed by atoms with Gasteiger partial charge < -0.3 is 10.4 Å². The Balaban J connectivity index is 2.82. The molecule has 0 bridgehead atoms. The molecule has 1 rings (SSSR count). The van der Waals surface area contributed by atoms with Gasteiger partial charge in [-0.2, -0.15) is 11.8 Å². The van der Waals surface area contributed by atoms with Crippen LogP contribution < -0.4 is 5.32 Å². The number of benzene rings is 1. The van der Waals surface area contributed by atoms with Crippen LogP contribution in [0.4, 0.5) is 0 Å². The summed E-state index contributed by atoms with van der Waals surface area (Å²) < 4.78 is 0. The van der Waals surface area contributed by atoms with Crippen LogP contribution in [0.3, 0.4) is 0 Å². The monoisotopic (exact) mass is 305 g/mol. The number of aryl methyl sites for hydroxylation is 1. The predicted molar refractivity (Wildman–Crippen MR) is 89.6 cm³/mol. The van der Waals surface area contributed by atoms with E-state index in [4.69, 9.17) is 5.11 Å². The van der Waals surface area contributed by atoms with Crippen molar-refractivity contribution in [2.24, 2.45) is 5.92 Å². The van der Waals surface area contributed by atoms with Gasteiger partial charge in [-0.15, -0.1) is 0 Å². The summed E-state index contributed by atoms with van der Waals surface area (Å²) >= 11 is 1.78. The van der Waals surface area contributed by atoms with E-state index in [1.807, 2.05) is 25.1 Å². The molecule has 0 saturated heterocycles. The summed E-state index contributed by atoms with van der Waals surface area (Å²) in [4.78, 5) is 12.3. The molecule has 1 amide bonds. The molecular formula is C17H23NO2S. The minimum Gasteiger partial charge on any atom is -0.395 e. The lowest BCUT2D eigenvalue weighted by molar-refractivity contribution is 0.0949. The third kappa shape index (κ3) is 6.24. The molecule has 1 atom stereocenters. The summed E-state index contributed by atoms with van der Waals surface area (Å²) in [5.41, 5.74) is 2.35. The number of carbonyl (C=O) groups excluding carboxylic acids is 1. The lowest BCUT2D eigenvalue weighted by atomic mass is 10.0. The molecule has 0 fully saturated rings. The second kappa shape index (κ2) is 9.49. The second-order valence-electron chi connectivity index (χ2n) is 5.09. The fourth-order valence-corrected chi connectivity index (χ4v) is 2.56. The standard InChI is InChI=1S/C17H23NO2S/c1-13-7-8-15(6-4-5-9-19)16(10-13)17(20)18-11-14(2)12-21-3/h7-8,10,14,19H,5,9,11-12H2,1-3H3,(H,18,20). The van der Waals surface area contributed by atoms with E-state index >= 15 is 0 Å². The van der Waals surface area contributed by atoms with E-state index < -0.39 is 0 Å². The molecule has 0 radical (unpaired) electrons. The number of rotatable bonds is 6. The van der Waals surface area contributed by atoms with Crippen LogP contribution in [0, 0.1) is 24.7 Å². The maximum Gasteiger partial charge on any atom is 0.252 e. The number of hydrogen-bond donors (Lipinski definition) is 2. The van der Waals surface area contributed by atoms with Crippen LogP contribution >= 0.6 is 11.8 Å². The largest absolute Gasteiger partial charge is 0.395 e. The minimum atomic E-state index is -0.0834. The lowest BCUT2D eigenvalue weighted by Crippen LogP contribution is -2.29. The highest BCUT2D eigenvalue weighted by molar-refractivity contribution is 7.98. The Hall–Kier alpha value is -1.44. The topological polar surface area (TPSA) is 49.3 Å². The number of hydrogen-bond acceptors (Lipinski definition) is 3. The fourth-order valence-electron chi connectivity index (χ4n) is 1.87. The number of amides is 1. The Labute approximate surface area is 131 Å². The average molecular weight is 305 g/mol. The van der Waals surface area contributed by atoms with Gasteiger partial charge in [-0.25, -0.2) is 0 Å². The van der Waals surface area contributed by atoms with Crippen molar-refractivity contribution in [3.8, 4) is 11.8 Å². The molecule has 0 heterocycles. The van der Waals surface area contributed by atoms with Crippen molar-refractivity contribution in [2.75, 3.05) is 25.2 Å². The Morgan fingerprint density at radius 2 is 2.24 bits per heavy atom. The molecule has 0 aromatic heterocycles. The highest BCUT2D eigenvalue weighted by atomic mass is 32.2. The van der Waals surface area contributed by atoms with E-state index in [0.29, 0.717) is 30.0 Å². The number of aliphatic hydroxyl groups excluding tert-OH is 1. The lowest BCUT2D eigenvalue weighted by Gasteiger charge is -2.12. The van der Waals surface area contributed by atoms with Gasteiger partial charge in [-0.05, 0) is 37.0 Å². The normalized spacial score (nSPS) is 11.4. The van der Waals surface area contributed by atoms with Crippen molar-refractivity contribution in [2.45, 2.75) is 20.3 Å². The van der Waals surface area contributed by atoms with Crippen molar-refractivity contribution in [1.82, 2.24) is 5.32 Å². The van der Waals surface area contributed by atoms with Gasteiger partial charge in [-0.3, -0.25) is 4.79 Å². The Bertz CT molecular complexity index is 531. The molecule has 0 saturated carbocycles. The number of thioether (sulfide) groups is 1. The molecule has 4 heteroatoms. The van der Waals surface area contributed by atoms with E-state index in [1.54, 1.807) is 11.8 Å².